The predicted molar refractivity (Wildman–Crippen MR) is 48.5 cm³/mol. The molecular formula is C8H9F3N2OS. The van der Waals surface area contributed by atoms with Crippen molar-refractivity contribution in [3.63, 3.8) is 0 Å². The zero-order chi connectivity index (χ0) is 11.1. The highest BCUT2D eigenvalue weighted by Crippen LogP contribution is 2.37. The summed E-state index contributed by atoms with van der Waals surface area (Å²) in [5.74, 6) is 0. The maximum absolute atomic E-state index is 12.3. The molecular weight excluding hydrogens is 229 g/mol. The SMILES string of the molecule is OC1(c2cnc(C(F)(F)F)s2)CCNC1. The number of nitrogens with one attached hydrogen (secondary N) is 1. The molecule has 0 saturated carbocycles. The number of β-amino-alcohol motifs (C(OH)–C–C–N with tert-alkyl or cyclic N) is 1. The third kappa shape index (κ3) is 1.99. The van der Waals surface area contributed by atoms with Gasteiger partial charge >= 0.3 is 6.18 Å². The molecule has 1 aromatic rings. The summed E-state index contributed by atoms with van der Waals surface area (Å²) in [6.07, 6.45) is -2.89. The Morgan fingerprint density at radius 1 is 1.53 bits per heavy atom. The second-order valence-corrected chi connectivity index (χ2v) is 4.52. The monoisotopic (exact) mass is 238 g/mol. The highest BCUT2D eigenvalue weighted by atomic mass is 32.1. The lowest BCUT2D eigenvalue weighted by molar-refractivity contribution is -0.137. The van der Waals surface area contributed by atoms with Crippen LogP contribution in [0.15, 0.2) is 6.20 Å². The van der Waals surface area contributed by atoms with Crippen molar-refractivity contribution in [2.24, 2.45) is 0 Å². The molecule has 0 aromatic carbocycles. The van der Waals surface area contributed by atoms with Gasteiger partial charge in [0, 0.05) is 12.7 Å². The third-order valence-electron chi connectivity index (χ3n) is 2.34. The Kier molecular flexibility index (Phi) is 2.48. The molecule has 1 fully saturated rings. The molecule has 2 rings (SSSR count). The van der Waals surface area contributed by atoms with E-state index in [0.717, 1.165) is 6.20 Å². The van der Waals surface area contributed by atoms with E-state index in [0.29, 0.717) is 24.3 Å². The van der Waals surface area contributed by atoms with E-state index in [1.807, 2.05) is 0 Å². The molecule has 15 heavy (non-hydrogen) atoms. The van der Waals surface area contributed by atoms with Crippen molar-refractivity contribution < 1.29 is 18.3 Å². The van der Waals surface area contributed by atoms with Crippen molar-refractivity contribution in [2.45, 2.75) is 18.2 Å². The summed E-state index contributed by atoms with van der Waals surface area (Å²) in [5.41, 5.74) is -1.18. The minimum Gasteiger partial charge on any atom is -0.383 e. The van der Waals surface area contributed by atoms with Gasteiger partial charge in [-0.1, -0.05) is 0 Å². The molecule has 3 nitrogen and oxygen atoms in total. The number of nitrogens with zero attached hydrogens (tertiary/aromatic N) is 1. The number of aromatic nitrogens is 1. The van der Waals surface area contributed by atoms with Crippen molar-refractivity contribution >= 4 is 11.3 Å². The van der Waals surface area contributed by atoms with E-state index < -0.39 is 16.8 Å². The van der Waals surface area contributed by atoms with Crippen LogP contribution in [0.4, 0.5) is 13.2 Å². The Morgan fingerprint density at radius 2 is 2.27 bits per heavy atom. The van der Waals surface area contributed by atoms with Gasteiger partial charge in [0.1, 0.15) is 5.60 Å². The average molecular weight is 238 g/mol. The molecule has 1 saturated heterocycles. The van der Waals surface area contributed by atoms with E-state index in [1.165, 1.54) is 0 Å². The van der Waals surface area contributed by atoms with Crippen LogP contribution in [0.1, 0.15) is 16.3 Å². The minimum atomic E-state index is -4.43. The summed E-state index contributed by atoms with van der Waals surface area (Å²) in [5, 5.41) is 12.0. The van der Waals surface area contributed by atoms with Gasteiger partial charge in [-0.15, -0.1) is 11.3 Å². The molecule has 0 bridgehead atoms. The third-order valence-corrected chi connectivity index (χ3v) is 3.58. The van der Waals surface area contributed by atoms with Crippen LogP contribution >= 0.6 is 11.3 Å². The van der Waals surface area contributed by atoms with Gasteiger partial charge in [0.05, 0.1) is 4.88 Å². The number of alkyl halides is 3. The van der Waals surface area contributed by atoms with E-state index >= 15 is 0 Å². The van der Waals surface area contributed by atoms with Gasteiger partial charge in [-0.05, 0) is 13.0 Å². The molecule has 7 heteroatoms. The van der Waals surface area contributed by atoms with Crippen LogP contribution in [-0.4, -0.2) is 23.2 Å². The van der Waals surface area contributed by atoms with Gasteiger partial charge in [0.25, 0.3) is 0 Å². The Balaban J connectivity index is 2.27. The fourth-order valence-electron chi connectivity index (χ4n) is 1.51. The van der Waals surface area contributed by atoms with Crippen LogP contribution in [0.25, 0.3) is 0 Å². The van der Waals surface area contributed by atoms with Gasteiger partial charge in [-0.3, -0.25) is 0 Å². The highest BCUT2D eigenvalue weighted by Gasteiger charge is 2.39. The summed E-state index contributed by atoms with van der Waals surface area (Å²) >= 11 is 0.510. The molecule has 84 valence electrons. The molecule has 1 aromatic heterocycles. The predicted octanol–water partition coefficient (Wildman–Crippen LogP) is 1.34. The van der Waals surface area contributed by atoms with Crippen LogP contribution in [-0.2, 0) is 11.8 Å². The second kappa shape index (κ2) is 3.43. The number of hydrogen-bond acceptors (Lipinski definition) is 4. The number of rotatable bonds is 1. The lowest BCUT2D eigenvalue weighted by Crippen LogP contribution is -2.27. The number of halogens is 3. The Bertz CT molecular complexity index is 357. The van der Waals surface area contributed by atoms with E-state index in [2.05, 4.69) is 10.3 Å². The Labute approximate surface area is 88.0 Å². The fraction of sp³-hybridized carbons (Fsp3) is 0.625. The van der Waals surface area contributed by atoms with Crippen LogP contribution in [0.5, 0.6) is 0 Å². The van der Waals surface area contributed by atoms with Crippen LogP contribution < -0.4 is 5.32 Å². The molecule has 2 N–H and O–H groups in total. The van der Waals surface area contributed by atoms with Crippen LogP contribution in [0.3, 0.4) is 0 Å². The van der Waals surface area contributed by atoms with Gasteiger partial charge in [0.2, 0.25) is 0 Å². The fourth-order valence-corrected chi connectivity index (χ4v) is 2.41. The molecule has 1 aliphatic heterocycles. The summed E-state index contributed by atoms with van der Waals surface area (Å²) < 4.78 is 36.8. The summed E-state index contributed by atoms with van der Waals surface area (Å²) in [6.45, 7) is 0.891. The summed E-state index contributed by atoms with van der Waals surface area (Å²) in [4.78, 5) is 3.56. The van der Waals surface area contributed by atoms with Gasteiger partial charge in [0.15, 0.2) is 5.01 Å². The molecule has 0 radical (unpaired) electrons. The molecule has 0 aliphatic carbocycles. The van der Waals surface area contributed by atoms with Crippen molar-refractivity contribution in [1.29, 1.82) is 0 Å². The highest BCUT2D eigenvalue weighted by molar-refractivity contribution is 7.11. The van der Waals surface area contributed by atoms with E-state index in [9.17, 15) is 18.3 Å². The maximum atomic E-state index is 12.3. The zero-order valence-electron chi connectivity index (χ0n) is 7.64. The number of aliphatic hydroxyl groups is 1. The first-order valence-corrected chi connectivity index (χ1v) is 5.20. The van der Waals surface area contributed by atoms with Crippen molar-refractivity contribution in [3.05, 3.63) is 16.1 Å². The lowest BCUT2D eigenvalue weighted by Gasteiger charge is -2.18. The van der Waals surface area contributed by atoms with E-state index in [4.69, 9.17) is 0 Å². The van der Waals surface area contributed by atoms with Crippen molar-refractivity contribution in [1.82, 2.24) is 10.3 Å². The Morgan fingerprint density at radius 3 is 2.73 bits per heavy atom. The van der Waals surface area contributed by atoms with Gasteiger partial charge in [-0.2, -0.15) is 13.2 Å². The molecule has 0 amide bonds. The second-order valence-electron chi connectivity index (χ2n) is 3.49. The minimum absolute atomic E-state index is 0.278. The maximum Gasteiger partial charge on any atom is 0.443 e. The first kappa shape index (κ1) is 10.8. The first-order chi connectivity index (χ1) is 6.92. The smallest absolute Gasteiger partial charge is 0.383 e. The van der Waals surface area contributed by atoms with Crippen molar-refractivity contribution in [3.8, 4) is 0 Å². The number of hydrogen-bond donors (Lipinski definition) is 2. The standard InChI is InChI=1S/C8H9F3N2OS/c9-8(10,11)6-13-3-5(15-6)7(14)1-2-12-4-7/h3,12,14H,1-2,4H2. The molecule has 1 unspecified atom stereocenters. The van der Waals surface area contributed by atoms with Crippen molar-refractivity contribution in [2.75, 3.05) is 13.1 Å². The van der Waals surface area contributed by atoms with Crippen LogP contribution in [0, 0.1) is 0 Å². The molecule has 1 aliphatic rings. The lowest BCUT2D eigenvalue weighted by atomic mass is 10.0. The normalized spacial score (nSPS) is 27.2. The molecule has 0 spiro atoms. The summed E-state index contributed by atoms with van der Waals surface area (Å²) in [7, 11) is 0. The van der Waals surface area contributed by atoms with E-state index in [1.54, 1.807) is 0 Å². The van der Waals surface area contributed by atoms with Gasteiger partial charge < -0.3 is 10.4 Å². The summed E-state index contributed by atoms with van der Waals surface area (Å²) in [6, 6.07) is 0. The Hall–Kier alpha value is -0.660. The van der Waals surface area contributed by atoms with Gasteiger partial charge in [-0.25, -0.2) is 4.98 Å². The topological polar surface area (TPSA) is 45.2 Å². The average Bonchev–Trinajstić information content (AvgIpc) is 2.69. The quantitative estimate of drug-likeness (QED) is 0.776. The molecule has 1 atom stereocenters. The molecule has 2 heterocycles. The largest absolute Gasteiger partial charge is 0.443 e. The van der Waals surface area contributed by atoms with Crippen LogP contribution in [0.2, 0.25) is 0 Å². The number of thiazole rings is 1. The zero-order valence-corrected chi connectivity index (χ0v) is 8.45. The first-order valence-electron chi connectivity index (χ1n) is 4.38. The van der Waals surface area contributed by atoms with E-state index in [-0.39, 0.29) is 11.4 Å².